The van der Waals surface area contributed by atoms with E-state index >= 15 is 0 Å². The van der Waals surface area contributed by atoms with E-state index in [1.165, 1.54) is 5.75 Å². The van der Waals surface area contributed by atoms with Crippen LogP contribution in [0, 0.1) is 12.8 Å². The van der Waals surface area contributed by atoms with Gasteiger partial charge >= 0.3 is 18.9 Å². The summed E-state index contributed by atoms with van der Waals surface area (Å²) < 4.78 is 0. The minimum absolute atomic E-state index is 0. The average Bonchev–Trinajstić information content (AvgIpc) is 1.35. The molecule has 0 aliphatic heterocycles. The van der Waals surface area contributed by atoms with Crippen molar-refractivity contribution < 1.29 is 18.9 Å². The average molecular weight is 110 g/mol. The van der Waals surface area contributed by atoms with Crippen molar-refractivity contribution in [3.8, 4) is 0 Å². The smallest absolute Gasteiger partial charge is 0.340 e. The van der Waals surface area contributed by atoms with Gasteiger partial charge in [0.05, 0.1) is 0 Å². The Morgan fingerprint density at radius 1 is 1.71 bits per heavy atom. The van der Waals surface area contributed by atoms with E-state index in [9.17, 15) is 0 Å². The van der Waals surface area contributed by atoms with Gasteiger partial charge < -0.3 is 6.92 Å². The van der Waals surface area contributed by atoms with Gasteiger partial charge in [-0.15, -0.1) is 0 Å². The van der Waals surface area contributed by atoms with Crippen LogP contribution in [0.2, 0.25) is 0 Å². The number of thioether (sulfide) groups is 1. The maximum Gasteiger partial charge on any atom is 1.00 e. The van der Waals surface area contributed by atoms with Crippen molar-refractivity contribution in [2.24, 2.45) is 5.92 Å². The van der Waals surface area contributed by atoms with Gasteiger partial charge in [-0.3, -0.25) is 0 Å². The quantitative estimate of drug-likeness (QED) is 0.318. The SMILES string of the molecule is [CH2-]C(C)CSC.[Li+]. The van der Waals surface area contributed by atoms with Crippen molar-refractivity contribution in [2.45, 2.75) is 6.92 Å². The summed E-state index contributed by atoms with van der Waals surface area (Å²) in [4.78, 5) is 0. The van der Waals surface area contributed by atoms with Crippen LogP contribution < -0.4 is 18.9 Å². The van der Waals surface area contributed by atoms with Gasteiger partial charge in [0.1, 0.15) is 0 Å². The van der Waals surface area contributed by atoms with E-state index in [1.54, 1.807) is 0 Å². The van der Waals surface area contributed by atoms with Crippen LogP contribution in [0.1, 0.15) is 6.92 Å². The summed E-state index contributed by atoms with van der Waals surface area (Å²) in [6, 6.07) is 0. The molecule has 0 fully saturated rings. The largest absolute Gasteiger partial charge is 1.00 e. The number of hydrogen-bond donors (Lipinski definition) is 0. The summed E-state index contributed by atoms with van der Waals surface area (Å²) in [5.41, 5.74) is 0. The van der Waals surface area contributed by atoms with Crippen LogP contribution in [0.25, 0.3) is 0 Å². The second kappa shape index (κ2) is 6.95. The zero-order valence-electron chi connectivity index (χ0n) is 5.40. The van der Waals surface area contributed by atoms with E-state index in [-0.39, 0.29) is 18.9 Å². The standard InChI is InChI=1S/C5H11S.Li/c1-5(2)4-6-3;/h5H,1,4H2,2-3H3;/q-1;+1. The first-order valence-electron chi connectivity index (χ1n) is 2.09. The summed E-state index contributed by atoms with van der Waals surface area (Å²) in [5.74, 6) is 1.79. The Hall–Kier alpha value is 0.947. The third kappa shape index (κ3) is 10.9. The van der Waals surface area contributed by atoms with Gasteiger partial charge in [0.25, 0.3) is 0 Å². The summed E-state index contributed by atoms with van der Waals surface area (Å²) in [5, 5.41) is 0. The Labute approximate surface area is 62.6 Å². The molecule has 0 aliphatic carbocycles. The molecule has 0 aromatic carbocycles. The molecule has 0 bridgehead atoms. The Bertz CT molecular complexity index is 29.3. The monoisotopic (exact) mass is 110 g/mol. The van der Waals surface area contributed by atoms with E-state index in [2.05, 4.69) is 20.1 Å². The van der Waals surface area contributed by atoms with E-state index in [4.69, 9.17) is 0 Å². The minimum Gasteiger partial charge on any atom is -0.340 e. The van der Waals surface area contributed by atoms with Crippen molar-refractivity contribution in [1.82, 2.24) is 0 Å². The van der Waals surface area contributed by atoms with Crippen LogP contribution in [0.15, 0.2) is 0 Å². The molecule has 0 N–H and O–H groups in total. The normalized spacial score (nSPS) is 12.4. The Balaban J connectivity index is 0. The Morgan fingerprint density at radius 2 is 2.14 bits per heavy atom. The Kier molecular flexibility index (Phi) is 10.8. The zero-order chi connectivity index (χ0) is 4.99. The second-order valence-corrected chi connectivity index (χ2v) is 2.47. The van der Waals surface area contributed by atoms with Gasteiger partial charge in [-0.2, -0.15) is 17.7 Å². The molecule has 0 aliphatic rings. The first-order chi connectivity index (χ1) is 2.77. The number of hydrogen-bond acceptors (Lipinski definition) is 1. The predicted octanol–water partition coefficient (Wildman–Crippen LogP) is -1.18. The molecule has 0 aromatic rings. The van der Waals surface area contributed by atoms with E-state index in [1.807, 2.05) is 11.8 Å². The first-order valence-corrected chi connectivity index (χ1v) is 3.48. The Morgan fingerprint density at radius 3 is 2.14 bits per heavy atom. The van der Waals surface area contributed by atoms with Gasteiger partial charge in [0.15, 0.2) is 0 Å². The molecule has 0 heterocycles. The van der Waals surface area contributed by atoms with Crippen molar-refractivity contribution in [1.29, 1.82) is 0 Å². The molecule has 0 radical (unpaired) electrons. The molecule has 0 aromatic heterocycles. The molecular formula is C5H11LiS. The first kappa shape index (κ1) is 10.8. The molecule has 0 saturated heterocycles. The third-order valence-electron chi connectivity index (χ3n) is 0.451. The van der Waals surface area contributed by atoms with E-state index in [0.717, 1.165) is 0 Å². The van der Waals surface area contributed by atoms with Gasteiger partial charge in [-0.1, -0.05) is 6.92 Å². The molecule has 0 nitrogen and oxygen atoms in total. The molecule has 38 valence electrons. The summed E-state index contributed by atoms with van der Waals surface area (Å²) in [6.07, 6.45) is 2.10. The van der Waals surface area contributed by atoms with Gasteiger partial charge in [-0.25, -0.2) is 0 Å². The molecule has 0 spiro atoms. The maximum atomic E-state index is 3.81. The van der Waals surface area contributed by atoms with Crippen LogP contribution in [-0.4, -0.2) is 12.0 Å². The number of rotatable bonds is 2. The van der Waals surface area contributed by atoms with Crippen LogP contribution >= 0.6 is 11.8 Å². The molecular weight excluding hydrogens is 99.1 g/mol. The van der Waals surface area contributed by atoms with Crippen molar-refractivity contribution in [3.63, 3.8) is 0 Å². The molecule has 7 heavy (non-hydrogen) atoms. The zero-order valence-corrected chi connectivity index (χ0v) is 6.22. The van der Waals surface area contributed by atoms with E-state index in [0.29, 0.717) is 5.92 Å². The van der Waals surface area contributed by atoms with Crippen LogP contribution in [0.3, 0.4) is 0 Å². The summed E-state index contributed by atoms with van der Waals surface area (Å²) in [6.45, 7) is 5.93. The van der Waals surface area contributed by atoms with Crippen molar-refractivity contribution >= 4 is 11.8 Å². The fraction of sp³-hybridized carbons (Fsp3) is 0.800. The van der Waals surface area contributed by atoms with Gasteiger partial charge in [-0.05, 0) is 12.0 Å². The van der Waals surface area contributed by atoms with Gasteiger partial charge in [0, 0.05) is 0 Å². The van der Waals surface area contributed by atoms with Crippen LogP contribution in [0.4, 0.5) is 0 Å². The second-order valence-electron chi connectivity index (χ2n) is 1.56. The van der Waals surface area contributed by atoms with Crippen LogP contribution in [0.5, 0.6) is 0 Å². The fourth-order valence-corrected chi connectivity index (χ4v) is 0.854. The topological polar surface area (TPSA) is 0 Å². The molecule has 0 amide bonds. The molecule has 0 rings (SSSR count). The fourth-order valence-electron chi connectivity index (χ4n) is 0.285. The molecule has 0 saturated carbocycles. The predicted molar refractivity (Wildman–Crippen MR) is 32.9 cm³/mol. The van der Waals surface area contributed by atoms with Crippen molar-refractivity contribution in [3.05, 3.63) is 6.92 Å². The minimum atomic E-state index is 0. The van der Waals surface area contributed by atoms with Crippen LogP contribution in [-0.2, 0) is 0 Å². The molecule has 1 unspecified atom stereocenters. The van der Waals surface area contributed by atoms with Crippen molar-refractivity contribution in [2.75, 3.05) is 12.0 Å². The summed E-state index contributed by atoms with van der Waals surface area (Å²) in [7, 11) is 0. The molecule has 2 heteroatoms. The summed E-state index contributed by atoms with van der Waals surface area (Å²) >= 11 is 1.85. The van der Waals surface area contributed by atoms with E-state index < -0.39 is 0 Å². The molecule has 1 atom stereocenters. The van der Waals surface area contributed by atoms with Gasteiger partial charge in [0.2, 0.25) is 0 Å². The third-order valence-corrected chi connectivity index (χ3v) is 1.35. The maximum absolute atomic E-state index is 3.81.